The number of anilines is 1. The van der Waals surface area contributed by atoms with Gasteiger partial charge in [0.2, 0.25) is 0 Å². The van der Waals surface area contributed by atoms with Gasteiger partial charge in [0.25, 0.3) is 0 Å². The third-order valence-corrected chi connectivity index (χ3v) is 5.20. The Balaban J connectivity index is 0.000000196. The molecule has 2 N–H and O–H groups in total. The highest BCUT2D eigenvalue weighted by Gasteiger charge is 2.10. The Morgan fingerprint density at radius 1 is 0.971 bits per heavy atom. The minimum absolute atomic E-state index is 0.00955. The Labute approximate surface area is 198 Å². The van der Waals surface area contributed by atoms with Crippen molar-refractivity contribution >= 4 is 17.8 Å². The molecule has 34 heavy (non-hydrogen) atoms. The second-order valence-electron chi connectivity index (χ2n) is 7.37. The summed E-state index contributed by atoms with van der Waals surface area (Å²) in [5.74, 6) is 0.862. The number of carbonyl (C=O) groups is 2. The maximum absolute atomic E-state index is 11.5. The zero-order valence-corrected chi connectivity index (χ0v) is 19.3. The highest BCUT2D eigenvalue weighted by Crippen LogP contribution is 2.32. The number of benzene rings is 3. The predicted molar refractivity (Wildman–Crippen MR) is 135 cm³/mol. The van der Waals surface area contributed by atoms with E-state index >= 15 is 0 Å². The van der Waals surface area contributed by atoms with Gasteiger partial charge >= 0.3 is 0 Å². The molecule has 0 aliphatic carbocycles. The van der Waals surface area contributed by atoms with Gasteiger partial charge in [-0.2, -0.15) is 0 Å². The number of ether oxygens (including phenoxy) is 1. The number of carbonyl (C=O) groups excluding carboxylic acids is 2. The highest BCUT2D eigenvalue weighted by atomic mass is 16.5. The zero-order chi connectivity index (χ0) is 24.5. The van der Waals surface area contributed by atoms with Crippen LogP contribution in [0.3, 0.4) is 0 Å². The van der Waals surface area contributed by atoms with Crippen LogP contribution in [0, 0.1) is 0 Å². The van der Waals surface area contributed by atoms with Crippen LogP contribution >= 0.6 is 0 Å². The molecule has 1 aromatic heterocycles. The number of aromatic hydroxyl groups is 1. The molecule has 6 heteroatoms. The molecule has 3 aromatic carbocycles. The van der Waals surface area contributed by atoms with Gasteiger partial charge in [0.05, 0.1) is 18.4 Å². The van der Waals surface area contributed by atoms with Gasteiger partial charge in [-0.05, 0) is 61.0 Å². The number of phenols is 1. The number of nitrogens with zero attached hydrogens (tertiary/aromatic N) is 1. The molecule has 0 spiro atoms. The molecular formula is C28H26N2O4. The predicted octanol–water partition coefficient (Wildman–Crippen LogP) is 5.87. The average Bonchev–Trinajstić information content (AvgIpc) is 2.89. The topological polar surface area (TPSA) is 88.5 Å². The van der Waals surface area contributed by atoms with Crippen molar-refractivity contribution in [1.82, 2.24) is 4.98 Å². The second kappa shape index (κ2) is 11.4. The lowest BCUT2D eigenvalue weighted by Gasteiger charge is -2.12. The molecule has 0 amide bonds. The fourth-order valence-corrected chi connectivity index (χ4v) is 3.45. The van der Waals surface area contributed by atoms with Gasteiger partial charge in [-0.15, -0.1) is 0 Å². The minimum Gasteiger partial charge on any atom is -0.507 e. The molecule has 0 saturated carbocycles. The molecule has 0 atom stereocenters. The van der Waals surface area contributed by atoms with Gasteiger partial charge in [0.1, 0.15) is 11.5 Å². The molecule has 4 aromatic rings. The number of ketones is 1. The van der Waals surface area contributed by atoms with E-state index < -0.39 is 0 Å². The maximum Gasteiger partial charge on any atom is 0.161 e. The van der Waals surface area contributed by atoms with Gasteiger partial charge in [-0.1, -0.05) is 30.3 Å². The van der Waals surface area contributed by atoms with E-state index in [4.69, 9.17) is 4.74 Å². The summed E-state index contributed by atoms with van der Waals surface area (Å²) in [7, 11) is 3.47. The summed E-state index contributed by atoms with van der Waals surface area (Å²) in [5, 5.41) is 12.4. The number of rotatable bonds is 6. The van der Waals surface area contributed by atoms with E-state index in [1.165, 1.54) is 6.07 Å². The molecule has 4 rings (SSSR count). The summed E-state index contributed by atoms with van der Waals surface area (Å²) < 4.78 is 5.36. The molecular weight excluding hydrogens is 428 g/mol. The lowest BCUT2D eigenvalue weighted by Crippen LogP contribution is -2.00. The van der Waals surface area contributed by atoms with Crippen LogP contribution in [-0.4, -0.2) is 36.3 Å². The Bertz CT molecular complexity index is 1290. The molecule has 0 radical (unpaired) electrons. The number of methoxy groups -OCH3 is 1. The van der Waals surface area contributed by atoms with Crippen molar-refractivity contribution in [2.45, 2.75) is 6.92 Å². The third kappa shape index (κ3) is 5.66. The van der Waals surface area contributed by atoms with Crippen molar-refractivity contribution in [2.24, 2.45) is 0 Å². The number of pyridine rings is 1. The molecule has 6 nitrogen and oxygen atoms in total. The number of aldehydes is 1. The summed E-state index contributed by atoms with van der Waals surface area (Å²) in [5.41, 5.74) is 5.43. The van der Waals surface area contributed by atoms with E-state index in [0.29, 0.717) is 11.8 Å². The fourth-order valence-electron chi connectivity index (χ4n) is 3.45. The Morgan fingerprint density at radius 3 is 2.35 bits per heavy atom. The maximum atomic E-state index is 11.5. The zero-order valence-electron chi connectivity index (χ0n) is 19.3. The van der Waals surface area contributed by atoms with Gasteiger partial charge in [0, 0.05) is 35.6 Å². The van der Waals surface area contributed by atoms with Gasteiger partial charge in [-0.3, -0.25) is 14.6 Å². The molecule has 0 saturated heterocycles. The number of aromatic nitrogens is 1. The SMILES string of the molecule is CNc1cc(-c2ccccc2OC)ccc1C(C)=O.O=Cc1cc(-c2ccccn2)ccc1O. The van der Waals surface area contributed by atoms with E-state index in [1.54, 1.807) is 32.4 Å². The smallest absolute Gasteiger partial charge is 0.161 e. The van der Waals surface area contributed by atoms with E-state index in [9.17, 15) is 14.7 Å². The van der Waals surface area contributed by atoms with Crippen LogP contribution < -0.4 is 10.1 Å². The molecule has 172 valence electrons. The van der Waals surface area contributed by atoms with Crippen molar-refractivity contribution in [1.29, 1.82) is 0 Å². The largest absolute Gasteiger partial charge is 0.507 e. The van der Waals surface area contributed by atoms with Crippen molar-refractivity contribution in [3.63, 3.8) is 0 Å². The number of phenolic OH excluding ortho intramolecular Hbond substituents is 1. The minimum atomic E-state index is -0.00955. The molecule has 1 heterocycles. The average molecular weight is 455 g/mol. The molecule has 0 aliphatic heterocycles. The van der Waals surface area contributed by atoms with Crippen molar-refractivity contribution < 1.29 is 19.4 Å². The number of hydrogen-bond acceptors (Lipinski definition) is 6. The van der Waals surface area contributed by atoms with Crippen LogP contribution in [0.5, 0.6) is 11.5 Å². The van der Waals surface area contributed by atoms with E-state index in [2.05, 4.69) is 10.3 Å². The third-order valence-electron chi connectivity index (χ3n) is 5.20. The van der Waals surface area contributed by atoms with Crippen LogP contribution in [-0.2, 0) is 0 Å². The summed E-state index contributed by atoms with van der Waals surface area (Å²) >= 11 is 0. The first-order valence-corrected chi connectivity index (χ1v) is 10.6. The van der Waals surface area contributed by atoms with Gasteiger partial charge < -0.3 is 15.2 Å². The first-order chi connectivity index (χ1) is 16.5. The first-order valence-electron chi connectivity index (χ1n) is 10.6. The number of nitrogens with one attached hydrogen (secondary N) is 1. The quantitative estimate of drug-likeness (QED) is 0.280. The van der Waals surface area contributed by atoms with Gasteiger partial charge in [0.15, 0.2) is 12.1 Å². The lowest BCUT2D eigenvalue weighted by atomic mass is 10.00. The normalized spacial score (nSPS) is 9.97. The Morgan fingerprint density at radius 2 is 1.71 bits per heavy atom. The summed E-state index contributed by atoms with van der Waals surface area (Å²) in [6, 6.07) is 24.0. The van der Waals surface area contributed by atoms with E-state index in [0.717, 1.165) is 33.8 Å². The summed E-state index contributed by atoms with van der Waals surface area (Å²) in [6.07, 6.45) is 2.31. The summed E-state index contributed by atoms with van der Waals surface area (Å²) in [4.78, 5) is 26.3. The second-order valence-corrected chi connectivity index (χ2v) is 7.37. The lowest BCUT2D eigenvalue weighted by molar-refractivity contribution is 0.101. The van der Waals surface area contributed by atoms with Crippen LogP contribution in [0.2, 0.25) is 0 Å². The Kier molecular flexibility index (Phi) is 8.13. The number of hydrogen-bond donors (Lipinski definition) is 2. The van der Waals surface area contributed by atoms with Crippen molar-refractivity contribution in [3.8, 4) is 33.9 Å². The van der Waals surface area contributed by atoms with E-state index in [-0.39, 0.29) is 17.1 Å². The molecule has 0 unspecified atom stereocenters. The van der Waals surface area contributed by atoms with Gasteiger partial charge in [-0.25, -0.2) is 0 Å². The highest BCUT2D eigenvalue weighted by molar-refractivity contribution is 6.00. The first kappa shape index (κ1) is 24.2. The number of Topliss-reactive ketones (excluding diaryl/α,β-unsaturated/α-hetero) is 1. The monoisotopic (exact) mass is 454 g/mol. The van der Waals surface area contributed by atoms with Crippen LogP contribution in [0.4, 0.5) is 5.69 Å². The van der Waals surface area contributed by atoms with E-state index in [1.807, 2.05) is 67.7 Å². The molecule has 0 aliphatic rings. The van der Waals surface area contributed by atoms with Crippen LogP contribution in [0.15, 0.2) is 85.1 Å². The number of para-hydroxylation sites is 1. The molecule has 0 bridgehead atoms. The van der Waals surface area contributed by atoms with Crippen LogP contribution in [0.25, 0.3) is 22.4 Å². The standard InChI is InChI=1S/C16H17NO2.C12H9NO2/c1-11(18)13-9-8-12(10-15(13)17-2)14-6-4-5-7-16(14)19-3;14-8-10-7-9(4-5-12(10)15)11-3-1-2-6-13-11/h4-10,17H,1-3H3;1-8,15H. The summed E-state index contributed by atoms with van der Waals surface area (Å²) in [6.45, 7) is 1.57. The van der Waals surface area contributed by atoms with Crippen molar-refractivity contribution in [3.05, 3.63) is 96.2 Å². The van der Waals surface area contributed by atoms with Crippen molar-refractivity contribution in [2.75, 3.05) is 19.5 Å². The van der Waals surface area contributed by atoms with Crippen LogP contribution in [0.1, 0.15) is 27.6 Å². The molecule has 0 fully saturated rings. The Hall–Kier alpha value is -4.45. The fraction of sp³-hybridized carbons (Fsp3) is 0.107.